The van der Waals surface area contributed by atoms with Gasteiger partial charge in [0.2, 0.25) is 0 Å². The van der Waals surface area contributed by atoms with E-state index in [9.17, 15) is 0 Å². The smallest absolute Gasteiger partial charge is 0.0972 e. The van der Waals surface area contributed by atoms with E-state index in [4.69, 9.17) is 9.97 Å². The third-order valence-corrected chi connectivity index (χ3v) is 11.6. The molecule has 0 unspecified atom stereocenters. The van der Waals surface area contributed by atoms with Gasteiger partial charge in [-0.1, -0.05) is 164 Å². The Bertz CT molecular complexity index is 3510. The van der Waals surface area contributed by atoms with Crippen LogP contribution in [0.2, 0.25) is 0 Å². The van der Waals surface area contributed by atoms with E-state index in [-0.39, 0.29) is 0 Å². The lowest BCUT2D eigenvalue weighted by atomic mass is 9.83. The van der Waals surface area contributed by atoms with E-state index in [1.807, 2.05) is 12.3 Å². The van der Waals surface area contributed by atoms with Gasteiger partial charge in [-0.3, -0.25) is 4.98 Å². The highest BCUT2D eigenvalue weighted by molar-refractivity contribution is 6.35. The molecule has 0 spiro atoms. The van der Waals surface area contributed by atoms with E-state index in [2.05, 4.69) is 170 Å². The first kappa shape index (κ1) is 29.4. The molecule has 2 heteroatoms. The number of rotatable bonds is 2. The van der Waals surface area contributed by atoms with E-state index in [0.29, 0.717) is 0 Å². The Hall–Kier alpha value is -7.16. The summed E-state index contributed by atoms with van der Waals surface area (Å²) in [6.45, 7) is 0. The second-order valence-electron chi connectivity index (χ2n) is 14.4. The number of aromatic nitrogens is 2. The largest absolute Gasteiger partial charge is 0.254 e. The van der Waals surface area contributed by atoms with Crippen molar-refractivity contribution in [1.29, 1.82) is 0 Å². The summed E-state index contributed by atoms with van der Waals surface area (Å²) in [6.07, 6.45) is 1.86. The zero-order valence-electron chi connectivity index (χ0n) is 29.2. The highest BCUT2D eigenvalue weighted by Crippen LogP contribution is 2.48. The molecule has 0 saturated heterocycles. The summed E-state index contributed by atoms with van der Waals surface area (Å²) in [5.74, 6) is 0. The number of hydrogen-bond donors (Lipinski definition) is 0. The lowest BCUT2D eigenvalue weighted by Gasteiger charge is -2.20. The minimum atomic E-state index is 0.924. The summed E-state index contributed by atoms with van der Waals surface area (Å²) in [6, 6.07) is 64.6. The van der Waals surface area contributed by atoms with Crippen molar-refractivity contribution < 1.29 is 0 Å². The van der Waals surface area contributed by atoms with Crippen LogP contribution in [0, 0.1) is 0 Å². The van der Waals surface area contributed by atoms with Crippen LogP contribution in [0.4, 0.5) is 0 Å². The first-order valence-electron chi connectivity index (χ1n) is 18.6. The topological polar surface area (TPSA) is 25.8 Å². The minimum absolute atomic E-state index is 0.924. The molecule has 248 valence electrons. The molecular weight excluding hydrogens is 653 g/mol. The molecule has 0 fully saturated rings. The number of nitrogens with zero attached hydrogens (tertiary/aromatic N) is 2. The molecule has 0 radical (unpaired) electrons. The van der Waals surface area contributed by atoms with Gasteiger partial charge in [0.1, 0.15) is 0 Å². The average Bonchev–Trinajstić information content (AvgIpc) is 3.24. The van der Waals surface area contributed by atoms with E-state index < -0.39 is 0 Å². The molecule has 12 rings (SSSR count). The van der Waals surface area contributed by atoms with Gasteiger partial charge in [0.25, 0.3) is 0 Å². The maximum atomic E-state index is 5.40. The first-order valence-corrected chi connectivity index (χ1v) is 18.6. The predicted octanol–water partition coefficient (Wildman–Crippen LogP) is 14.2. The summed E-state index contributed by atoms with van der Waals surface area (Å²) < 4.78 is 0. The van der Waals surface area contributed by atoms with Crippen LogP contribution in [0.5, 0.6) is 0 Å². The third-order valence-electron chi connectivity index (χ3n) is 11.6. The average molecular weight is 683 g/mol. The Morgan fingerprint density at radius 2 is 0.722 bits per heavy atom. The van der Waals surface area contributed by atoms with Crippen LogP contribution in [0.15, 0.2) is 182 Å². The standard InChI is InChI=1S/C52H30N2/c1-2-15-37-35(14-1)36-20-7-11-31-24-25-32-12-8-21-38(47(32)46(31)36)41-22-9-23-44(48(37)41)49-39-16-3-5-18-42(39)50(43-19-6-4-17-40(43)49)45-29-28-34-27-26-33-13-10-30-53-51(33)52(34)54-45/h1-30H. The molecule has 54 heavy (non-hydrogen) atoms. The van der Waals surface area contributed by atoms with Crippen LogP contribution in [-0.2, 0) is 0 Å². The fraction of sp³-hybridized carbons (Fsp3) is 0. The van der Waals surface area contributed by atoms with Gasteiger partial charge in [-0.15, -0.1) is 0 Å². The Morgan fingerprint density at radius 1 is 0.278 bits per heavy atom. The van der Waals surface area contributed by atoms with Gasteiger partial charge in [-0.2, -0.15) is 0 Å². The van der Waals surface area contributed by atoms with Crippen molar-refractivity contribution in [2.75, 3.05) is 0 Å². The van der Waals surface area contributed by atoms with Crippen LogP contribution < -0.4 is 0 Å². The minimum Gasteiger partial charge on any atom is -0.254 e. The van der Waals surface area contributed by atoms with Crippen molar-refractivity contribution in [2.24, 2.45) is 0 Å². The number of hydrogen-bond acceptors (Lipinski definition) is 2. The number of pyridine rings is 2. The zero-order valence-corrected chi connectivity index (χ0v) is 29.2. The van der Waals surface area contributed by atoms with Crippen molar-refractivity contribution in [2.45, 2.75) is 0 Å². The molecular formula is C52H30N2. The normalized spacial score (nSPS) is 12.1. The number of benzene rings is 9. The molecule has 0 bridgehead atoms. The van der Waals surface area contributed by atoms with Crippen molar-refractivity contribution in [3.05, 3.63) is 182 Å². The second-order valence-corrected chi connectivity index (χ2v) is 14.4. The van der Waals surface area contributed by atoms with E-state index in [0.717, 1.165) is 33.1 Å². The first-order chi connectivity index (χ1) is 26.8. The molecule has 2 aromatic heterocycles. The van der Waals surface area contributed by atoms with Gasteiger partial charge in [0, 0.05) is 22.5 Å². The summed E-state index contributed by atoms with van der Waals surface area (Å²) in [4.78, 5) is 10.2. The maximum Gasteiger partial charge on any atom is 0.0972 e. The highest BCUT2D eigenvalue weighted by Gasteiger charge is 2.21. The molecule has 0 atom stereocenters. The van der Waals surface area contributed by atoms with Gasteiger partial charge >= 0.3 is 0 Å². The van der Waals surface area contributed by atoms with Crippen molar-refractivity contribution in [3.63, 3.8) is 0 Å². The van der Waals surface area contributed by atoms with E-state index >= 15 is 0 Å². The van der Waals surface area contributed by atoms with Crippen LogP contribution >= 0.6 is 0 Å². The lowest BCUT2D eigenvalue weighted by molar-refractivity contribution is 1.38. The second kappa shape index (κ2) is 11.2. The van der Waals surface area contributed by atoms with Gasteiger partial charge in [0.05, 0.1) is 16.7 Å². The monoisotopic (exact) mass is 682 g/mol. The van der Waals surface area contributed by atoms with Gasteiger partial charge in [-0.25, -0.2) is 4.98 Å². The molecule has 0 aliphatic carbocycles. The van der Waals surface area contributed by atoms with E-state index in [1.54, 1.807) is 0 Å². The Morgan fingerprint density at radius 3 is 1.39 bits per heavy atom. The summed E-state index contributed by atoms with van der Waals surface area (Å²) in [7, 11) is 0. The van der Waals surface area contributed by atoms with Gasteiger partial charge in [-0.05, 0) is 98.7 Å². The van der Waals surface area contributed by atoms with Gasteiger partial charge in [0.15, 0.2) is 0 Å². The molecule has 0 saturated carbocycles. The van der Waals surface area contributed by atoms with Crippen molar-refractivity contribution >= 4 is 97.2 Å². The Balaban J connectivity index is 1.28. The van der Waals surface area contributed by atoms with Crippen LogP contribution in [-0.4, -0.2) is 9.97 Å². The highest BCUT2D eigenvalue weighted by atomic mass is 14.8. The number of fused-ring (bicyclic) bond motifs is 10. The third kappa shape index (κ3) is 4.05. The molecule has 0 aliphatic heterocycles. The Labute approximate surface area is 310 Å². The molecule has 2 heterocycles. The quantitative estimate of drug-likeness (QED) is 0.134. The summed E-state index contributed by atoms with van der Waals surface area (Å²) in [5.41, 5.74) is 6.41. The molecule has 2 nitrogen and oxygen atoms in total. The molecule has 0 amide bonds. The molecule has 0 aliphatic rings. The maximum absolute atomic E-state index is 5.40. The fourth-order valence-electron chi connectivity index (χ4n) is 9.37. The zero-order chi connectivity index (χ0) is 35.3. The molecule has 10 aromatic carbocycles. The lowest BCUT2D eigenvalue weighted by Crippen LogP contribution is -1.94. The molecule has 12 aromatic rings. The summed E-state index contributed by atoms with van der Waals surface area (Å²) in [5, 5.41) is 19.7. The van der Waals surface area contributed by atoms with Gasteiger partial charge < -0.3 is 0 Å². The van der Waals surface area contributed by atoms with Crippen LogP contribution in [0.1, 0.15) is 0 Å². The predicted molar refractivity (Wildman–Crippen MR) is 230 cm³/mol. The fourth-order valence-corrected chi connectivity index (χ4v) is 9.37. The van der Waals surface area contributed by atoms with Crippen LogP contribution in [0.3, 0.4) is 0 Å². The summed E-state index contributed by atoms with van der Waals surface area (Å²) >= 11 is 0. The van der Waals surface area contributed by atoms with Crippen molar-refractivity contribution in [3.8, 4) is 22.4 Å². The SMILES string of the molecule is c1cnc2c(c1)ccc1ccc(-c3c4ccccc4c(-c4cccc5c6cccc7ccc8cccc(c9ccccc9c45)c8c76)c4ccccc34)nc12. The van der Waals surface area contributed by atoms with E-state index in [1.165, 1.54) is 86.5 Å². The molecule has 0 N–H and O–H groups in total. The van der Waals surface area contributed by atoms with Crippen LogP contribution in [0.25, 0.3) is 120 Å². The Kier molecular flexibility index (Phi) is 6.09. The van der Waals surface area contributed by atoms with Crippen molar-refractivity contribution in [1.82, 2.24) is 9.97 Å².